The molecule has 2 aromatic rings. The van der Waals surface area contributed by atoms with Crippen LogP contribution in [0.15, 0.2) is 30.5 Å². The highest BCUT2D eigenvalue weighted by atomic mass is 14.8. The maximum absolute atomic E-state index is 6.52. The van der Waals surface area contributed by atoms with E-state index in [1.165, 1.54) is 16.5 Å². The highest BCUT2D eigenvalue weighted by Crippen LogP contribution is 2.30. The lowest BCUT2D eigenvalue weighted by atomic mass is 9.77. The van der Waals surface area contributed by atoms with Crippen LogP contribution in [-0.4, -0.2) is 16.6 Å². The summed E-state index contributed by atoms with van der Waals surface area (Å²) in [6, 6.07) is 8.83. The van der Waals surface area contributed by atoms with E-state index in [1.54, 1.807) is 0 Å². The van der Waals surface area contributed by atoms with E-state index in [1.807, 2.05) is 0 Å². The summed E-state index contributed by atoms with van der Waals surface area (Å²) >= 11 is 0. The molecule has 0 radical (unpaired) electrons. The van der Waals surface area contributed by atoms with Crippen molar-refractivity contribution in [2.24, 2.45) is 11.5 Å². The fraction of sp³-hybridized carbons (Fsp3) is 0.500. The molecule has 0 saturated heterocycles. The number of hydrogen-bond donors (Lipinski definition) is 3. The largest absolute Gasteiger partial charge is 0.361 e. The van der Waals surface area contributed by atoms with Crippen LogP contribution in [0.1, 0.15) is 37.7 Å². The Morgan fingerprint density at radius 3 is 2.74 bits per heavy atom. The molecule has 0 unspecified atom stereocenters. The monoisotopic (exact) mass is 257 g/mol. The maximum atomic E-state index is 6.52. The predicted octanol–water partition coefficient (Wildman–Crippen LogP) is 2.70. The highest BCUT2D eigenvalue weighted by molar-refractivity contribution is 5.83. The zero-order valence-corrected chi connectivity index (χ0v) is 11.4. The smallest absolute Gasteiger partial charge is 0.0456 e. The molecular weight excluding hydrogens is 234 g/mol. The van der Waals surface area contributed by atoms with Crippen LogP contribution in [-0.2, 0) is 6.42 Å². The molecule has 5 N–H and O–H groups in total. The number of nitrogens with two attached hydrogens (primary N) is 2. The van der Waals surface area contributed by atoms with Crippen molar-refractivity contribution in [2.75, 3.05) is 0 Å². The molecule has 1 aliphatic rings. The molecule has 0 atom stereocenters. The molecule has 0 spiro atoms. The molecule has 1 aromatic carbocycles. The van der Waals surface area contributed by atoms with E-state index in [0.717, 1.165) is 38.5 Å². The quantitative estimate of drug-likeness (QED) is 0.791. The number of para-hydroxylation sites is 1. The van der Waals surface area contributed by atoms with Crippen molar-refractivity contribution >= 4 is 10.9 Å². The van der Waals surface area contributed by atoms with E-state index in [4.69, 9.17) is 11.5 Å². The summed E-state index contributed by atoms with van der Waals surface area (Å²) in [5, 5.41) is 1.33. The molecule has 19 heavy (non-hydrogen) atoms. The Balaban J connectivity index is 1.69. The first-order valence-electron chi connectivity index (χ1n) is 7.26. The normalized spacial score (nSPS) is 27.8. The van der Waals surface area contributed by atoms with Crippen molar-refractivity contribution < 1.29 is 0 Å². The Bertz CT molecular complexity index is 550. The van der Waals surface area contributed by atoms with Gasteiger partial charge in [-0.3, -0.25) is 0 Å². The van der Waals surface area contributed by atoms with Crippen molar-refractivity contribution in [2.45, 2.75) is 50.1 Å². The van der Waals surface area contributed by atoms with Gasteiger partial charge in [0.25, 0.3) is 0 Å². The van der Waals surface area contributed by atoms with Gasteiger partial charge in [0, 0.05) is 28.7 Å². The average molecular weight is 257 g/mol. The van der Waals surface area contributed by atoms with Gasteiger partial charge in [0.1, 0.15) is 0 Å². The molecule has 1 aromatic heterocycles. The van der Waals surface area contributed by atoms with Gasteiger partial charge >= 0.3 is 0 Å². The lowest BCUT2D eigenvalue weighted by Gasteiger charge is -2.36. The minimum atomic E-state index is -0.00571. The lowest BCUT2D eigenvalue weighted by Crippen LogP contribution is -2.46. The van der Waals surface area contributed by atoms with Crippen LogP contribution in [0.2, 0.25) is 0 Å². The Hall–Kier alpha value is -1.32. The van der Waals surface area contributed by atoms with Crippen molar-refractivity contribution in [1.82, 2.24) is 4.98 Å². The van der Waals surface area contributed by atoms with Crippen molar-refractivity contribution in [3.8, 4) is 0 Å². The van der Waals surface area contributed by atoms with E-state index < -0.39 is 0 Å². The Morgan fingerprint density at radius 2 is 1.95 bits per heavy atom. The number of aromatic nitrogens is 1. The van der Waals surface area contributed by atoms with E-state index in [-0.39, 0.29) is 5.54 Å². The molecule has 3 heteroatoms. The lowest BCUT2D eigenvalue weighted by molar-refractivity contribution is 0.258. The van der Waals surface area contributed by atoms with E-state index in [9.17, 15) is 0 Å². The third kappa shape index (κ3) is 2.67. The Kier molecular flexibility index (Phi) is 3.33. The minimum Gasteiger partial charge on any atom is -0.361 e. The van der Waals surface area contributed by atoms with E-state index in [2.05, 4.69) is 35.4 Å². The van der Waals surface area contributed by atoms with Gasteiger partial charge in [-0.05, 0) is 50.2 Å². The van der Waals surface area contributed by atoms with Gasteiger partial charge in [-0.2, -0.15) is 0 Å². The number of benzene rings is 1. The molecule has 0 amide bonds. The molecule has 3 nitrogen and oxygen atoms in total. The van der Waals surface area contributed by atoms with Crippen molar-refractivity contribution in [3.63, 3.8) is 0 Å². The second-order valence-electron chi connectivity index (χ2n) is 6.06. The fourth-order valence-electron chi connectivity index (χ4n) is 3.19. The van der Waals surface area contributed by atoms with Crippen molar-refractivity contribution in [3.05, 3.63) is 36.0 Å². The van der Waals surface area contributed by atoms with Crippen molar-refractivity contribution in [1.29, 1.82) is 0 Å². The number of hydrogen-bond acceptors (Lipinski definition) is 2. The van der Waals surface area contributed by atoms with Gasteiger partial charge in [0.05, 0.1) is 0 Å². The van der Waals surface area contributed by atoms with Gasteiger partial charge in [-0.25, -0.2) is 0 Å². The Labute approximate surface area is 114 Å². The maximum Gasteiger partial charge on any atom is 0.0456 e. The first-order valence-corrected chi connectivity index (χ1v) is 7.26. The molecule has 1 saturated carbocycles. The molecule has 0 aliphatic heterocycles. The molecule has 1 aliphatic carbocycles. The van der Waals surface area contributed by atoms with Crippen LogP contribution >= 0.6 is 0 Å². The van der Waals surface area contributed by atoms with Crippen LogP contribution in [0, 0.1) is 0 Å². The number of fused-ring (bicyclic) bond motifs is 1. The summed E-state index contributed by atoms with van der Waals surface area (Å²) in [4.78, 5) is 3.33. The van der Waals surface area contributed by atoms with E-state index in [0.29, 0.717) is 6.04 Å². The third-order valence-electron chi connectivity index (χ3n) is 4.59. The Morgan fingerprint density at radius 1 is 1.21 bits per heavy atom. The van der Waals surface area contributed by atoms with Crippen LogP contribution in [0.5, 0.6) is 0 Å². The highest BCUT2D eigenvalue weighted by Gasteiger charge is 2.30. The summed E-state index contributed by atoms with van der Waals surface area (Å²) in [5.74, 6) is 0. The summed E-state index contributed by atoms with van der Waals surface area (Å²) in [6.07, 6.45) is 8.52. The van der Waals surface area contributed by atoms with E-state index >= 15 is 0 Å². The fourth-order valence-corrected chi connectivity index (χ4v) is 3.19. The van der Waals surface area contributed by atoms with Crippen LogP contribution < -0.4 is 11.5 Å². The standard InChI is InChI=1S/C16H23N3/c17-13-6-9-16(18,10-7-13)8-5-12-11-19-15-4-2-1-3-14(12)15/h1-4,11,13,19H,5-10,17-18H2. The zero-order valence-electron chi connectivity index (χ0n) is 11.4. The first-order chi connectivity index (χ1) is 9.16. The minimum absolute atomic E-state index is 0.00571. The summed E-state index contributed by atoms with van der Waals surface area (Å²) in [6.45, 7) is 0. The zero-order chi connectivity index (χ0) is 13.3. The first kappa shape index (κ1) is 12.7. The second-order valence-corrected chi connectivity index (χ2v) is 6.06. The summed E-state index contributed by atoms with van der Waals surface area (Å²) in [5.41, 5.74) is 15.1. The number of aryl methyl sites for hydroxylation is 1. The molecule has 3 rings (SSSR count). The molecular formula is C16H23N3. The van der Waals surface area contributed by atoms with Gasteiger partial charge in [0.15, 0.2) is 0 Å². The molecule has 1 fully saturated rings. The van der Waals surface area contributed by atoms with Gasteiger partial charge in [0.2, 0.25) is 0 Å². The number of nitrogens with one attached hydrogen (secondary N) is 1. The topological polar surface area (TPSA) is 67.8 Å². The average Bonchev–Trinajstić information content (AvgIpc) is 2.84. The molecule has 102 valence electrons. The van der Waals surface area contributed by atoms with Crippen LogP contribution in [0.4, 0.5) is 0 Å². The molecule has 0 bridgehead atoms. The summed E-state index contributed by atoms with van der Waals surface area (Å²) in [7, 11) is 0. The van der Waals surface area contributed by atoms with Crippen LogP contribution in [0.25, 0.3) is 10.9 Å². The SMILES string of the molecule is NC1CCC(N)(CCc2c[nH]c3ccccc23)CC1. The number of aromatic amines is 1. The summed E-state index contributed by atoms with van der Waals surface area (Å²) < 4.78 is 0. The number of H-pyrrole nitrogens is 1. The van der Waals surface area contributed by atoms with Gasteiger partial charge in [-0.15, -0.1) is 0 Å². The number of rotatable bonds is 3. The van der Waals surface area contributed by atoms with Crippen LogP contribution in [0.3, 0.4) is 0 Å². The molecule has 1 heterocycles. The van der Waals surface area contributed by atoms with Gasteiger partial charge < -0.3 is 16.5 Å². The van der Waals surface area contributed by atoms with Gasteiger partial charge in [-0.1, -0.05) is 18.2 Å². The predicted molar refractivity (Wildman–Crippen MR) is 80.0 cm³/mol. The third-order valence-corrected chi connectivity index (χ3v) is 4.59. The second kappa shape index (κ2) is 4.99.